The van der Waals surface area contributed by atoms with Crippen molar-refractivity contribution < 1.29 is 13.6 Å². The van der Waals surface area contributed by atoms with E-state index in [0.717, 1.165) is 35.7 Å². The van der Waals surface area contributed by atoms with Gasteiger partial charge in [0.2, 0.25) is 0 Å². The van der Waals surface area contributed by atoms with Crippen molar-refractivity contribution >= 4 is 13.2 Å². The molecule has 0 spiro atoms. The van der Waals surface area contributed by atoms with Crippen LogP contribution in [0.4, 0.5) is 0 Å². The summed E-state index contributed by atoms with van der Waals surface area (Å²) in [5.74, 6) is 2.53. The van der Waals surface area contributed by atoms with Crippen molar-refractivity contribution in [2.45, 2.75) is 217 Å². The van der Waals surface area contributed by atoms with E-state index in [4.69, 9.17) is 13.6 Å². The van der Waals surface area contributed by atoms with Crippen LogP contribution in [0.1, 0.15) is 214 Å². The second-order valence-corrected chi connectivity index (χ2v) is 22.4. The molecule has 0 aliphatic carbocycles. The van der Waals surface area contributed by atoms with Crippen LogP contribution < -0.4 is 9.83 Å². The molecular weight excluding hydrogens is 692 g/mol. The second-order valence-electron chi connectivity index (χ2n) is 20.0. The minimum atomic E-state index is -3.55. The molecule has 0 aliphatic heterocycles. The Morgan fingerprint density at radius 3 is 1.51 bits per heavy atom. The van der Waals surface area contributed by atoms with Crippen molar-refractivity contribution in [2.24, 2.45) is 11.8 Å². The standard InChI is InChI=1S/C51H89O3P/c1-40(2)29-25-21-17-15-16-20-24-28-36-52-55(49-38-44(8)33-35-47(49)51(12,13)14,54-48-37-43(7)32-34-46(48)50(9,10)11)53-39-45(42(5)6)31-27-23-19-18-22-26-30-41(3)4/h32-35,37-38,40-41,55H,15-31,36,39H2,1-14H3. The van der Waals surface area contributed by atoms with E-state index in [1.165, 1.54) is 130 Å². The normalized spacial score (nSPS) is 12.9. The van der Waals surface area contributed by atoms with Crippen molar-refractivity contribution in [3.8, 4) is 5.75 Å². The molecule has 0 fully saturated rings. The van der Waals surface area contributed by atoms with E-state index < -0.39 is 7.94 Å². The Morgan fingerprint density at radius 1 is 0.564 bits per heavy atom. The number of rotatable bonds is 27. The summed E-state index contributed by atoms with van der Waals surface area (Å²) in [4.78, 5) is 0. The summed E-state index contributed by atoms with van der Waals surface area (Å²) in [5.41, 5.74) is 7.37. The van der Waals surface area contributed by atoms with E-state index in [-0.39, 0.29) is 10.8 Å². The molecule has 55 heavy (non-hydrogen) atoms. The summed E-state index contributed by atoms with van der Waals surface area (Å²) < 4.78 is 22.2. The van der Waals surface area contributed by atoms with E-state index in [2.05, 4.69) is 133 Å². The summed E-state index contributed by atoms with van der Waals surface area (Å²) in [7, 11) is -3.55. The first-order valence-corrected chi connectivity index (χ1v) is 24.4. The monoisotopic (exact) mass is 781 g/mol. The molecule has 0 N–H and O–H groups in total. The van der Waals surface area contributed by atoms with Gasteiger partial charge >= 0.3 is 317 Å². The van der Waals surface area contributed by atoms with Gasteiger partial charge in [0.1, 0.15) is 0 Å². The van der Waals surface area contributed by atoms with E-state index in [1.54, 1.807) is 0 Å². The summed E-state index contributed by atoms with van der Waals surface area (Å²) in [6.07, 6.45) is 21.8. The SMILES string of the molecule is CC(C)=C(CCCCCCCCC(C)C)CO[PH](OCCCCCCCCCCC(C)C)(Oc1cc(C)ccc1C(C)(C)C)c1cc(C)ccc1C(C)(C)C. The second kappa shape index (κ2) is 25.0. The first-order valence-electron chi connectivity index (χ1n) is 22.7. The molecule has 0 atom stereocenters. The van der Waals surface area contributed by atoms with E-state index >= 15 is 0 Å². The van der Waals surface area contributed by atoms with Gasteiger partial charge in [0, 0.05) is 0 Å². The van der Waals surface area contributed by atoms with Crippen molar-refractivity contribution in [2.75, 3.05) is 13.2 Å². The molecule has 2 aromatic carbocycles. The van der Waals surface area contributed by atoms with Gasteiger partial charge in [0.05, 0.1) is 0 Å². The van der Waals surface area contributed by atoms with Gasteiger partial charge in [-0.1, -0.05) is 27.7 Å². The Kier molecular flexibility index (Phi) is 22.4. The molecule has 316 valence electrons. The zero-order valence-electron chi connectivity index (χ0n) is 38.8. The van der Waals surface area contributed by atoms with Crippen LogP contribution in [0.2, 0.25) is 0 Å². The fraction of sp³-hybridized carbons (Fsp3) is 0.725. The zero-order valence-corrected chi connectivity index (χ0v) is 39.8. The van der Waals surface area contributed by atoms with Gasteiger partial charge in [-0.25, -0.2) is 0 Å². The van der Waals surface area contributed by atoms with Crippen LogP contribution in [0.25, 0.3) is 0 Å². The first kappa shape index (κ1) is 49.5. The van der Waals surface area contributed by atoms with Gasteiger partial charge in [-0.05, 0) is 0 Å². The van der Waals surface area contributed by atoms with Crippen molar-refractivity contribution in [1.82, 2.24) is 0 Å². The molecule has 3 nitrogen and oxygen atoms in total. The summed E-state index contributed by atoms with van der Waals surface area (Å²) >= 11 is 0. The van der Waals surface area contributed by atoms with E-state index in [1.807, 2.05) is 0 Å². The van der Waals surface area contributed by atoms with Crippen molar-refractivity contribution in [1.29, 1.82) is 0 Å². The predicted octanol–water partition coefficient (Wildman–Crippen LogP) is 16.4. The molecule has 0 radical (unpaired) electrons. The van der Waals surface area contributed by atoms with Gasteiger partial charge in [-0.15, -0.1) is 0 Å². The molecule has 4 heteroatoms. The quantitative estimate of drug-likeness (QED) is 0.0513. The predicted molar refractivity (Wildman–Crippen MR) is 247 cm³/mol. The minimum absolute atomic E-state index is 0.0999. The average molecular weight is 781 g/mol. The van der Waals surface area contributed by atoms with Gasteiger partial charge < -0.3 is 0 Å². The zero-order chi connectivity index (χ0) is 41.1. The fourth-order valence-corrected chi connectivity index (χ4v) is 10.6. The van der Waals surface area contributed by atoms with Crippen LogP contribution in [-0.2, 0) is 19.9 Å². The molecule has 0 saturated carbocycles. The van der Waals surface area contributed by atoms with Gasteiger partial charge in [-0.2, -0.15) is 0 Å². The molecular formula is C51H89O3P. The van der Waals surface area contributed by atoms with Gasteiger partial charge in [-0.3, -0.25) is 0 Å². The van der Waals surface area contributed by atoms with Gasteiger partial charge in [0.15, 0.2) is 0 Å². The third-order valence-electron chi connectivity index (χ3n) is 11.1. The maximum atomic E-state index is 7.52. The number of aryl methyl sites for hydroxylation is 2. The molecule has 0 heterocycles. The van der Waals surface area contributed by atoms with Crippen molar-refractivity contribution in [3.63, 3.8) is 0 Å². The number of benzene rings is 2. The average Bonchev–Trinajstić information content (AvgIpc) is 3.07. The number of allylic oxidation sites excluding steroid dienone is 1. The first-order chi connectivity index (χ1) is 25.9. The summed E-state index contributed by atoms with van der Waals surface area (Å²) in [5, 5.41) is 1.12. The topological polar surface area (TPSA) is 27.7 Å². The Labute approximate surface area is 343 Å². The third-order valence-corrected chi connectivity index (χ3v) is 13.8. The van der Waals surface area contributed by atoms with Crippen molar-refractivity contribution in [3.05, 3.63) is 69.8 Å². The molecule has 2 rings (SSSR count). The molecule has 0 aliphatic rings. The van der Waals surface area contributed by atoms with Crippen LogP contribution in [-0.4, -0.2) is 13.2 Å². The molecule has 0 aromatic heterocycles. The Hall–Kier alpha value is -1.67. The Balaban J connectivity index is 2.43. The number of hydrogen-bond donors (Lipinski definition) is 0. The third kappa shape index (κ3) is 19.1. The maximum absolute atomic E-state index is 7.52. The summed E-state index contributed by atoms with van der Waals surface area (Å²) in [6, 6.07) is 13.5. The summed E-state index contributed by atoms with van der Waals surface area (Å²) in [6.45, 7) is 33.1. The molecule has 0 saturated heterocycles. The molecule has 0 amide bonds. The van der Waals surface area contributed by atoms with Crippen LogP contribution in [0, 0.1) is 25.7 Å². The Bertz CT molecular complexity index is 1390. The van der Waals surface area contributed by atoms with Crippen LogP contribution >= 0.6 is 7.94 Å². The molecule has 0 bridgehead atoms. The molecule has 0 unspecified atom stereocenters. The fourth-order valence-electron chi connectivity index (χ4n) is 7.52. The van der Waals surface area contributed by atoms with Crippen LogP contribution in [0.5, 0.6) is 5.75 Å². The number of unbranched alkanes of at least 4 members (excludes halogenated alkanes) is 12. The van der Waals surface area contributed by atoms with E-state index in [9.17, 15) is 0 Å². The number of hydrogen-bond acceptors (Lipinski definition) is 3. The van der Waals surface area contributed by atoms with E-state index in [0.29, 0.717) is 13.2 Å². The van der Waals surface area contributed by atoms with Crippen LogP contribution in [0.3, 0.4) is 0 Å². The Morgan fingerprint density at radius 2 is 1.02 bits per heavy atom. The van der Waals surface area contributed by atoms with Gasteiger partial charge in [0.25, 0.3) is 0 Å². The molecule has 2 aromatic rings. The van der Waals surface area contributed by atoms with Crippen LogP contribution in [0.15, 0.2) is 47.5 Å².